The summed E-state index contributed by atoms with van der Waals surface area (Å²) in [5.74, 6) is 0. The highest BCUT2D eigenvalue weighted by Crippen LogP contribution is 2.51. The SMILES string of the molecule is CC1(C)c2ccccc2-c2ccc(-c3cc4c5c(cccc5c3)-c3ccccc3-4)cc21. The average molecular weight is 395 g/mol. The molecular formula is C31H22. The maximum atomic E-state index is 2.42. The summed E-state index contributed by atoms with van der Waals surface area (Å²) >= 11 is 0. The van der Waals surface area contributed by atoms with E-state index in [1.807, 2.05) is 0 Å². The van der Waals surface area contributed by atoms with Gasteiger partial charge >= 0.3 is 0 Å². The smallest absolute Gasteiger partial charge is 0.0159 e. The van der Waals surface area contributed by atoms with E-state index < -0.39 is 0 Å². The standard InChI is InChI=1S/C31H22/c1-31(2)28-13-6-5-11-24(28)25-15-14-19(18-29(25)31)21-16-20-8-7-12-26-22-9-3-4-10-23(22)27(17-21)30(20)26/h3-18H,1-2H3. The summed E-state index contributed by atoms with van der Waals surface area (Å²) in [5.41, 5.74) is 13.7. The van der Waals surface area contributed by atoms with Crippen molar-refractivity contribution in [3.05, 3.63) is 108 Å². The van der Waals surface area contributed by atoms with Crippen LogP contribution >= 0.6 is 0 Å². The molecule has 0 fully saturated rings. The van der Waals surface area contributed by atoms with E-state index in [9.17, 15) is 0 Å². The molecule has 0 spiro atoms. The van der Waals surface area contributed by atoms with E-state index in [2.05, 4.69) is 111 Å². The molecule has 0 saturated heterocycles. The van der Waals surface area contributed by atoms with Crippen molar-refractivity contribution in [2.45, 2.75) is 19.3 Å². The van der Waals surface area contributed by atoms with Gasteiger partial charge in [-0.3, -0.25) is 0 Å². The normalized spacial score (nSPS) is 14.4. The zero-order chi connectivity index (χ0) is 20.7. The van der Waals surface area contributed by atoms with Crippen LogP contribution in [0.5, 0.6) is 0 Å². The maximum Gasteiger partial charge on any atom is 0.0159 e. The lowest BCUT2D eigenvalue weighted by Gasteiger charge is -2.22. The Morgan fingerprint density at radius 3 is 1.97 bits per heavy atom. The fourth-order valence-electron chi connectivity index (χ4n) is 5.87. The van der Waals surface area contributed by atoms with Crippen LogP contribution in [-0.2, 0) is 5.41 Å². The minimum absolute atomic E-state index is 0.0232. The van der Waals surface area contributed by atoms with Crippen LogP contribution in [-0.4, -0.2) is 0 Å². The number of hydrogen-bond donors (Lipinski definition) is 0. The van der Waals surface area contributed by atoms with Gasteiger partial charge in [0.15, 0.2) is 0 Å². The predicted molar refractivity (Wildman–Crippen MR) is 131 cm³/mol. The van der Waals surface area contributed by atoms with Gasteiger partial charge in [0, 0.05) is 5.41 Å². The number of benzene rings is 5. The first kappa shape index (κ1) is 17.1. The van der Waals surface area contributed by atoms with Crippen LogP contribution in [0.4, 0.5) is 0 Å². The highest BCUT2D eigenvalue weighted by atomic mass is 14.4. The summed E-state index contributed by atoms with van der Waals surface area (Å²) in [6, 6.07) is 36.2. The van der Waals surface area contributed by atoms with E-state index in [0.29, 0.717) is 0 Å². The minimum Gasteiger partial charge on any atom is -0.0619 e. The fourth-order valence-corrected chi connectivity index (χ4v) is 5.87. The van der Waals surface area contributed by atoms with Crippen LogP contribution in [0.25, 0.3) is 55.3 Å². The van der Waals surface area contributed by atoms with Gasteiger partial charge < -0.3 is 0 Å². The van der Waals surface area contributed by atoms with Crippen LogP contribution in [0.15, 0.2) is 97.1 Å². The van der Waals surface area contributed by atoms with Gasteiger partial charge in [0.25, 0.3) is 0 Å². The van der Waals surface area contributed by atoms with E-state index >= 15 is 0 Å². The third-order valence-corrected chi connectivity index (χ3v) is 7.40. The molecule has 146 valence electrons. The summed E-state index contributed by atoms with van der Waals surface area (Å²) in [6.07, 6.45) is 0. The molecule has 5 aromatic rings. The Balaban J connectivity index is 1.47. The molecule has 0 radical (unpaired) electrons. The molecule has 0 nitrogen and oxygen atoms in total. The van der Waals surface area contributed by atoms with E-state index in [1.54, 1.807) is 0 Å². The van der Waals surface area contributed by atoms with Crippen molar-refractivity contribution >= 4 is 10.8 Å². The molecule has 2 aliphatic rings. The molecule has 5 aromatic carbocycles. The molecule has 0 saturated carbocycles. The second-order valence-electron chi connectivity index (χ2n) is 9.40. The van der Waals surface area contributed by atoms with Crippen LogP contribution in [0.2, 0.25) is 0 Å². The van der Waals surface area contributed by atoms with Gasteiger partial charge in [-0.25, -0.2) is 0 Å². The number of fused-ring (bicyclic) bond motifs is 6. The lowest BCUT2D eigenvalue weighted by Crippen LogP contribution is -2.14. The van der Waals surface area contributed by atoms with Crippen molar-refractivity contribution in [2.24, 2.45) is 0 Å². The predicted octanol–water partition coefficient (Wildman–Crippen LogP) is 8.46. The topological polar surface area (TPSA) is 0 Å². The first-order chi connectivity index (χ1) is 15.1. The van der Waals surface area contributed by atoms with Crippen molar-refractivity contribution in [3.8, 4) is 44.5 Å². The zero-order valence-corrected chi connectivity index (χ0v) is 17.7. The largest absolute Gasteiger partial charge is 0.0619 e. The monoisotopic (exact) mass is 394 g/mol. The van der Waals surface area contributed by atoms with Crippen molar-refractivity contribution < 1.29 is 0 Å². The minimum atomic E-state index is 0.0232. The molecule has 0 heteroatoms. The Hall–Kier alpha value is -3.64. The van der Waals surface area contributed by atoms with Crippen molar-refractivity contribution in [3.63, 3.8) is 0 Å². The van der Waals surface area contributed by atoms with Crippen LogP contribution in [0.1, 0.15) is 25.0 Å². The summed E-state index contributed by atoms with van der Waals surface area (Å²) < 4.78 is 0. The van der Waals surface area contributed by atoms with Gasteiger partial charge in [-0.1, -0.05) is 92.7 Å². The third kappa shape index (κ3) is 2.15. The Labute approximate surface area is 182 Å². The molecule has 2 aliphatic carbocycles. The van der Waals surface area contributed by atoms with Gasteiger partial charge in [0.1, 0.15) is 0 Å². The molecule has 0 atom stereocenters. The summed E-state index contributed by atoms with van der Waals surface area (Å²) in [4.78, 5) is 0. The van der Waals surface area contributed by atoms with E-state index in [-0.39, 0.29) is 5.41 Å². The maximum absolute atomic E-state index is 2.42. The number of rotatable bonds is 1. The van der Waals surface area contributed by atoms with Crippen molar-refractivity contribution in [1.82, 2.24) is 0 Å². The summed E-state index contributed by atoms with van der Waals surface area (Å²) in [6.45, 7) is 4.70. The molecular weight excluding hydrogens is 372 g/mol. The molecule has 0 bridgehead atoms. The molecule has 0 N–H and O–H groups in total. The molecule has 0 amide bonds. The molecule has 0 heterocycles. The van der Waals surface area contributed by atoms with Crippen LogP contribution in [0, 0.1) is 0 Å². The summed E-state index contributed by atoms with van der Waals surface area (Å²) in [7, 11) is 0. The molecule has 31 heavy (non-hydrogen) atoms. The first-order valence-electron chi connectivity index (χ1n) is 11.0. The summed E-state index contributed by atoms with van der Waals surface area (Å²) in [5, 5.41) is 2.71. The lowest BCUT2D eigenvalue weighted by molar-refractivity contribution is 0.660. The lowest BCUT2D eigenvalue weighted by atomic mass is 9.81. The van der Waals surface area contributed by atoms with Crippen LogP contribution in [0.3, 0.4) is 0 Å². The zero-order valence-electron chi connectivity index (χ0n) is 17.7. The Morgan fingerprint density at radius 2 is 1.13 bits per heavy atom. The van der Waals surface area contributed by atoms with Gasteiger partial charge in [-0.05, 0) is 84.6 Å². The van der Waals surface area contributed by atoms with E-state index in [1.165, 1.54) is 66.4 Å². The third-order valence-electron chi connectivity index (χ3n) is 7.40. The van der Waals surface area contributed by atoms with E-state index in [0.717, 1.165) is 0 Å². The highest BCUT2D eigenvalue weighted by Gasteiger charge is 2.35. The van der Waals surface area contributed by atoms with Gasteiger partial charge in [0.2, 0.25) is 0 Å². The molecule has 0 unspecified atom stereocenters. The first-order valence-corrected chi connectivity index (χ1v) is 11.0. The van der Waals surface area contributed by atoms with Gasteiger partial charge in [0.05, 0.1) is 0 Å². The average Bonchev–Trinajstić information content (AvgIpc) is 3.25. The van der Waals surface area contributed by atoms with Gasteiger partial charge in [-0.2, -0.15) is 0 Å². The van der Waals surface area contributed by atoms with Gasteiger partial charge in [-0.15, -0.1) is 0 Å². The Kier molecular flexibility index (Phi) is 3.16. The fraction of sp³-hybridized carbons (Fsp3) is 0.0968. The quantitative estimate of drug-likeness (QED) is 0.262. The van der Waals surface area contributed by atoms with Crippen molar-refractivity contribution in [1.29, 1.82) is 0 Å². The second-order valence-corrected chi connectivity index (χ2v) is 9.40. The molecule has 0 aromatic heterocycles. The van der Waals surface area contributed by atoms with Crippen LogP contribution < -0.4 is 0 Å². The highest BCUT2D eigenvalue weighted by molar-refractivity contribution is 6.16. The second kappa shape index (κ2) is 5.74. The number of hydrogen-bond acceptors (Lipinski definition) is 0. The Morgan fingerprint density at radius 1 is 0.452 bits per heavy atom. The molecule has 0 aliphatic heterocycles. The van der Waals surface area contributed by atoms with Crippen molar-refractivity contribution in [2.75, 3.05) is 0 Å². The van der Waals surface area contributed by atoms with E-state index in [4.69, 9.17) is 0 Å². The Bertz CT molecular complexity index is 1550. The molecule has 7 rings (SSSR count).